The molecule has 3 fully saturated rings. The third-order valence-corrected chi connectivity index (χ3v) is 6.81. The second-order valence-electron chi connectivity index (χ2n) is 6.60. The molecule has 3 saturated carbocycles. The van der Waals surface area contributed by atoms with Crippen LogP contribution in [0.3, 0.4) is 0 Å². The molecule has 21 heavy (non-hydrogen) atoms. The predicted octanol–water partition coefficient (Wildman–Crippen LogP) is 1.69. The Balaban J connectivity index is 1.62. The van der Waals surface area contributed by atoms with E-state index in [2.05, 4.69) is 14.9 Å². The van der Waals surface area contributed by atoms with Crippen molar-refractivity contribution in [2.45, 2.75) is 58.5 Å². The van der Waals surface area contributed by atoms with Gasteiger partial charge in [-0.2, -0.15) is 0 Å². The Labute approximate surface area is 126 Å². The zero-order chi connectivity index (χ0) is 14.9. The maximum atomic E-state index is 12.4. The molecule has 118 valence electrons. The third kappa shape index (κ3) is 3.29. The largest absolute Gasteiger partial charge is 0.317 e. The van der Waals surface area contributed by atoms with Crippen LogP contribution in [-0.4, -0.2) is 28.9 Å². The van der Waals surface area contributed by atoms with E-state index < -0.39 is 10.0 Å². The van der Waals surface area contributed by atoms with E-state index in [1.54, 1.807) is 6.33 Å². The van der Waals surface area contributed by atoms with E-state index >= 15 is 0 Å². The average molecular weight is 312 g/mol. The highest BCUT2D eigenvalue weighted by atomic mass is 32.2. The van der Waals surface area contributed by atoms with Crippen molar-refractivity contribution in [2.24, 2.45) is 11.3 Å². The van der Waals surface area contributed by atoms with Crippen LogP contribution in [-0.2, 0) is 23.1 Å². The summed E-state index contributed by atoms with van der Waals surface area (Å²) in [7, 11) is -3.26. The third-order valence-electron chi connectivity index (χ3n) is 5.23. The first-order valence-electron chi connectivity index (χ1n) is 7.86. The van der Waals surface area contributed by atoms with Crippen molar-refractivity contribution in [1.29, 1.82) is 0 Å². The molecule has 1 N–H and O–H groups in total. The minimum Gasteiger partial charge on any atom is -0.317 e. The van der Waals surface area contributed by atoms with Crippen molar-refractivity contribution >= 4 is 10.0 Å². The first-order valence-corrected chi connectivity index (χ1v) is 9.51. The van der Waals surface area contributed by atoms with E-state index in [0.29, 0.717) is 5.82 Å². The van der Waals surface area contributed by atoms with Crippen molar-refractivity contribution < 1.29 is 8.42 Å². The molecule has 1 heterocycles. The zero-order valence-corrected chi connectivity index (χ0v) is 13.4. The highest BCUT2D eigenvalue weighted by molar-refractivity contribution is 7.89. The van der Waals surface area contributed by atoms with Crippen molar-refractivity contribution in [1.82, 2.24) is 19.5 Å². The molecule has 3 aliphatic carbocycles. The van der Waals surface area contributed by atoms with E-state index in [4.69, 9.17) is 0 Å². The number of hydrogen-bond donors (Lipinski definition) is 1. The van der Waals surface area contributed by atoms with Crippen molar-refractivity contribution in [2.75, 3.05) is 5.75 Å². The number of sulfonamides is 1. The molecule has 0 unspecified atom stereocenters. The number of aryl methyl sites for hydroxylation is 1. The summed E-state index contributed by atoms with van der Waals surface area (Å²) < 4.78 is 29.4. The Morgan fingerprint density at radius 3 is 2.62 bits per heavy atom. The molecule has 0 radical (unpaired) electrons. The summed E-state index contributed by atoms with van der Waals surface area (Å²) in [5.74, 6) is 1.80. The lowest BCUT2D eigenvalue weighted by Gasteiger charge is -2.46. The van der Waals surface area contributed by atoms with E-state index in [1.807, 2.05) is 11.5 Å². The normalized spacial score (nSPS) is 28.9. The number of hydrogen-bond acceptors (Lipinski definition) is 4. The van der Waals surface area contributed by atoms with E-state index in [9.17, 15) is 8.42 Å². The summed E-state index contributed by atoms with van der Waals surface area (Å²) in [5.41, 5.74) is 0.0268. The Bertz CT molecular complexity index is 574. The number of aromatic nitrogens is 3. The van der Waals surface area contributed by atoms with Crippen LogP contribution in [0.5, 0.6) is 0 Å². The van der Waals surface area contributed by atoms with Crippen LogP contribution in [0.25, 0.3) is 0 Å². The molecule has 3 aliphatic rings. The van der Waals surface area contributed by atoms with Gasteiger partial charge in [-0.3, -0.25) is 0 Å². The monoisotopic (exact) mass is 312 g/mol. The lowest BCUT2D eigenvalue weighted by molar-refractivity contribution is 0.0858. The predicted molar refractivity (Wildman–Crippen MR) is 79.9 cm³/mol. The van der Waals surface area contributed by atoms with Crippen LogP contribution < -0.4 is 4.72 Å². The molecular weight excluding hydrogens is 288 g/mol. The summed E-state index contributed by atoms with van der Waals surface area (Å²) in [6.45, 7) is 2.96. The average Bonchev–Trinajstić information content (AvgIpc) is 2.93. The van der Waals surface area contributed by atoms with Gasteiger partial charge < -0.3 is 4.57 Å². The molecule has 4 rings (SSSR count). The molecule has 0 saturated heterocycles. The van der Waals surface area contributed by atoms with Gasteiger partial charge in [-0.1, -0.05) is 0 Å². The van der Waals surface area contributed by atoms with Gasteiger partial charge in [-0.25, -0.2) is 13.1 Å². The molecule has 1 aromatic rings. The quantitative estimate of drug-likeness (QED) is 0.867. The van der Waals surface area contributed by atoms with E-state index in [-0.39, 0.29) is 17.7 Å². The fourth-order valence-electron chi connectivity index (χ4n) is 3.86. The summed E-state index contributed by atoms with van der Waals surface area (Å²) in [4.78, 5) is 0. The number of nitrogens with zero attached hydrogens (tertiary/aromatic N) is 3. The van der Waals surface area contributed by atoms with Crippen LogP contribution in [0.4, 0.5) is 0 Å². The minimum absolute atomic E-state index is 0.0268. The van der Waals surface area contributed by atoms with Crippen LogP contribution >= 0.6 is 0 Å². The lowest BCUT2D eigenvalue weighted by Crippen LogP contribution is -2.42. The first kappa shape index (κ1) is 15.0. The summed E-state index contributed by atoms with van der Waals surface area (Å²) >= 11 is 0. The molecule has 6 nitrogen and oxygen atoms in total. The maximum absolute atomic E-state index is 12.4. The fourth-order valence-corrected chi connectivity index (χ4v) is 5.55. The van der Waals surface area contributed by atoms with Gasteiger partial charge in [0.2, 0.25) is 10.0 Å². The first-order chi connectivity index (χ1) is 10.0. The molecule has 0 amide bonds. The summed E-state index contributed by atoms with van der Waals surface area (Å²) in [6, 6.07) is 0. The number of fused-ring (bicyclic) bond motifs is 3. The van der Waals surface area contributed by atoms with Gasteiger partial charge in [-0.05, 0) is 56.8 Å². The smallest absolute Gasteiger partial charge is 0.212 e. The lowest BCUT2D eigenvalue weighted by atomic mass is 9.62. The molecule has 2 bridgehead atoms. The highest BCUT2D eigenvalue weighted by Crippen LogP contribution is 2.50. The van der Waals surface area contributed by atoms with Gasteiger partial charge in [0.1, 0.15) is 12.2 Å². The zero-order valence-electron chi connectivity index (χ0n) is 12.6. The molecule has 1 aromatic heterocycles. The molecule has 0 aliphatic heterocycles. The van der Waals surface area contributed by atoms with Gasteiger partial charge in [0.05, 0.1) is 12.3 Å². The number of rotatable bonds is 6. The van der Waals surface area contributed by atoms with Gasteiger partial charge >= 0.3 is 0 Å². The van der Waals surface area contributed by atoms with Crippen LogP contribution in [0.1, 0.15) is 51.3 Å². The standard InChI is InChI=1S/C14H24N4O2S/c1-2-18-11-15-17-13(18)9-16-21(19,20)10-14-6-3-12(4-7-14)5-8-14/h11-12,16H,2-10H2,1H3. The Morgan fingerprint density at radius 1 is 1.33 bits per heavy atom. The van der Waals surface area contributed by atoms with Crippen molar-refractivity contribution in [3.63, 3.8) is 0 Å². The number of nitrogens with one attached hydrogen (secondary N) is 1. The molecule has 0 atom stereocenters. The van der Waals surface area contributed by atoms with Crippen molar-refractivity contribution in [3.05, 3.63) is 12.2 Å². The minimum atomic E-state index is -3.26. The van der Waals surface area contributed by atoms with E-state index in [1.165, 1.54) is 19.3 Å². The van der Waals surface area contributed by atoms with Gasteiger partial charge in [0.15, 0.2) is 0 Å². The molecule has 0 aromatic carbocycles. The van der Waals surface area contributed by atoms with Gasteiger partial charge in [0, 0.05) is 6.54 Å². The molecule has 7 heteroatoms. The van der Waals surface area contributed by atoms with E-state index in [0.717, 1.165) is 31.7 Å². The highest BCUT2D eigenvalue weighted by Gasteiger charge is 2.43. The van der Waals surface area contributed by atoms with Gasteiger partial charge in [0.25, 0.3) is 0 Å². The van der Waals surface area contributed by atoms with Crippen LogP contribution in [0.2, 0.25) is 0 Å². The second kappa shape index (κ2) is 5.68. The van der Waals surface area contributed by atoms with Crippen LogP contribution in [0, 0.1) is 11.3 Å². The van der Waals surface area contributed by atoms with Gasteiger partial charge in [-0.15, -0.1) is 10.2 Å². The maximum Gasteiger partial charge on any atom is 0.212 e. The summed E-state index contributed by atoms with van der Waals surface area (Å²) in [5, 5.41) is 7.79. The molecule has 0 spiro atoms. The summed E-state index contributed by atoms with van der Waals surface area (Å²) in [6.07, 6.45) is 8.47. The Morgan fingerprint density at radius 2 is 2.00 bits per heavy atom. The van der Waals surface area contributed by atoms with Crippen molar-refractivity contribution in [3.8, 4) is 0 Å². The fraction of sp³-hybridized carbons (Fsp3) is 0.857. The topological polar surface area (TPSA) is 76.9 Å². The molecular formula is C14H24N4O2S. The SMILES string of the molecule is CCn1cnnc1CNS(=O)(=O)CC12CCC(CC1)CC2. The van der Waals surface area contributed by atoms with Crippen LogP contribution in [0.15, 0.2) is 6.33 Å². The Hall–Kier alpha value is -0.950. The Kier molecular flexibility index (Phi) is 4.05. The second-order valence-corrected chi connectivity index (χ2v) is 8.40.